The van der Waals surface area contributed by atoms with Gasteiger partial charge in [0, 0.05) is 0 Å². The van der Waals surface area contributed by atoms with Crippen LogP contribution < -0.4 is 5.32 Å². The monoisotopic (exact) mass is 225 g/mol. The average Bonchev–Trinajstić information content (AvgIpc) is 2.06. The second-order valence-electron chi connectivity index (χ2n) is 5.32. The Bertz CT molecular complexity index is 253. The smallest absolute Gasteiger partial charge is 0.408 e. The molecule has 1 amide bonds. The maximum Gasteiger partial charge on any atom is 0.408 e. The van der Waals surface area contributed by atoms with Crippen LogP contribution in [-0.4, -0.2) is 17.7 Å². The maximum absolute atomic E-state index is 11.6. The zero-order chi connectivity index (χ0) is 12.0. The Labute approximate surface area is 98.2 Å². The number of carbonyl (C=O) groups excluding carboxylic acids is 1. The second kappa shape index (κ2) is 5.92. The molecule has 0 heterocycles. The molecule has 0 saturated heterocycles. The zero-order valence-corrected chi connectivity index (χ0v) is 10.6. The van der Waals surface area contributed by atoms with E-state index in [9.17, 15) is 4.79 Å². The third-order valence-corrected chi connectivity index (χ3v) is 2.46. The molecule has 0 spiro atoms. The molecule has 0 aliphatic heterocycles. The van der Waals surface area contributed by atoms with Crippen LogP contribution in [-0.2, 0) is 4.74 Å². The Morgan fingerprint density at radius 3 is 2.75 bits per heavy atom. The molecule has 1 unspecified atom stereocenters. The first-order chi connectivity index (χ1) is 7.47. The molecule has 1 N–H and O–H groups in total. The van der Waals surface area contributed by atoms with Crippen molar-refractivity contribution in [2.24, 2.45) is 0 Å². The zero-order valence-electron chi connectivity index (χ0n) is 10.6. The van der Waals surface area contributed by atoms with Crippen molar-refractivity contribution in [3.05, 3.63) is 12.2 Å². The fourth-order valence-corrected chi connectivity index (χ4v) is 1.74. The molecular formula is C13H23NO2. The first-order valence-corrected chi connectivity index (χ1v) is 6.13. The molecule has 0 radical (unpaired) electrons. The Balaban J connectivity index is 2.39. The normalized spacial score (nSPS) is 24.1. The largest absolute Gasteiger partial charge is 0.444 e. The van der Waals surface area contributed by atoms with Crippen LogP contribution >= 0.6 is 0 Å². The van der Waals surface area contributed by atoms with Crippen molar-refractivity contribution in [2.75, 3.05) is 0 Å². The van der Waals surface area contributed by atoms with Gasteiger partial charge in [-0.05, 0) is 40.0 Å². The van der Waals surface area contributed by atoms with Crippen LogP contribution in [0.25, 0.3) is 0 Å². The summed E-state index contributed by atoms with van der Waals surface area (Å²) < 4.78 is 5.23. The third-order valence-electron chi connectivity index (χ3n) is 2.46. The van der Waals surface area contributed by atoms with Crippen LogP contribution in [0.15, 0.2) is 12.2 Å². The lowest BCUT2D eigenvalue weighted by molar-refractivity contribution is 0.0512. The first kappa shape index (κ1) is 13.1. The number of carbonyl (C=O) groups is 1. The predicted octanol–water partition coefficient (Wildman–Crippen LogP) is 3.40. The quantitative estimate of drug-likeness (QED) is 0.694. The Morgan fingerprint density at radius 2 is 2.06 bits per heavy atom. The van der Waals surface area contributed by atoms with Crippen LogP contribution in [0.1, 0.15) is 52.9 Å². The number of rotatable bonds is 1. The molecule has 1 aliphatic rings. The fourth-order valence-electron chi connectivity index (χ4n) is 1.74. The highest BCUT2D eigenvalue weighted by molar-refractivity contribution is 5.68. The van der Waals surface area contributed by atoms with Crippen LogP contribution in [0.2, 0.25) is 0 Å². The van der Waals surface area contributed by atoms with E-state index in [2.05, 4.69) is 17.5 Å². The van der Waals surface area contributed by atoms with Gasteiger partial charge in [0.2, 0.25) is 0 Å². The summed E-state index contributed by atoms with van der Waals surface area (Å²) in [6, 6.07) is 0.134. The minimum Gasteiger partial charge on any atom is -0.444 e. The minimum absolute atomic E-state index is 0.134. The van der Waals surface area contributed by atoms with Crippen molar-refractivity contribution in [3.8, 4) is 0 Å². The SMILES string of the molecule is CC(C)(C)OC(=O)NC1/C=C/CCCCC1. The van der Waals surface area contributed by atoms with E-state index in [4.69, 9.17) is 4.74 Å². The highest BCUT2D eigenvalue weighted by atomic mass is 16.6. The van der Waals surface area contributed by atoms with Crippen LogP contribution in [0.4, 0.5) is 4.79 Å². The van der Waals surface area contributed by atoms with Gasteiger partial charge in [0.05, 0.1) is 6.04 Å². The van der Waals surface area contributed by atoms with Gasteiger partial charge in [0.15, 0.2) is 0 Å². The molecule has 0 aromatic rings. The molecule has 3 heteroatoms. The molecule has 1 atom stereocenters. The van der Waals surface area contributed by atoms with Crippen molar-refractivity contribution in [1.82, 2.24) is 5.32 Å². The summed E-state index contributed by atoms with van der Waals surface area (Å²) in [5.74, 6) is 0. The van der Waals surface area contributed by atoms with Gasteiger partial charge >= 0.3 is 6.09 Å². The standard InChI is InChI=1S/C13H23NO2/c1-13(2,3)16-12(15)14-11-9-7-5-4-6-8-10-11/h7,9,11H,4-6,8,10H2,1-3H3,(H,14,15)/b9-7+. The van der Waals surface area contributed by atoms with Gasteiger partial charge in [0.25, 0.3) is 0 Å². The van der Waals surface area contributed by atoms with E-state index in [1.807, 2.05) is 20.8 Å². The van der Waals surface area contributed by atoms with Gasteiger partial charge in [-0.2, -0.15) is 0 Å². The molecule has 0 saturated carbocycles. The topological polar surface area (TPSA) is 38.3 Å². The van der Waals surface area contributed by atoms with Crippen molar-refractivity contribution >= 4 is 6.09 Å². The Kier molecular flexibility index (Phi) is 4.84. The predicted molar refractivity (Wildman–Crippen MR) is 65.4 cm³/mol. The first-order valence-electron chi connectivity index (χ1n) is 6.13. The number of ether oxygens (including phenoxy) is 1. The van der Waals surface area contributed by atoms with E-state index >= 15 is 0 Å². The molecule has 0 aromatic heterocycles. The summed E-state index contributed by atoms with van der Waals surface area (Å²) in [5, 5.41) is 2.90. The maximum atomic E-state index is 11.6. The van der Waals surface area contributed by atoms with Gasteiger partial charge in [-0.15, -0.1) is 0 Å². The van der Waals surface area contributed by atoms with Crippen LogP contribution in [0, 0.1) is 0 Å². The number of hydrogen-bond donors (Lipinski definition) is 1. The van der Waals surface area contributed by atoms with E-state index in [1.54, 1.807) is 0 Å². The van der Waals surface area contributed by atoms with Gasteiger partial charge in [-0.3, -0.25) is 0 Å². The highest BCUT2D eigenvalue weighted by Gasteiger charge is 2.18. The summed E-state index contributed by atoms with van der Waals surface area (Å²) >= 11 is 0. The van der Waals surface area contributed by atoms with Gasteiger partial charge in [-0.1, -0.05) is 25.0 Å². The molecule has 0 bridgehead atoms. The number of alkyl carbamates (subject to hydrolysis) is 1. The molecular weight excluding hydrogens is 202 g/mol. The molecule has 92 valence electrons. The molecule has 1 aliphatic carbocycles. The second-order valence-corrected chi connectivity index (χ2v) is 5.32. The molecule has 16 heavy (non-hydrogen) atoms. The van der Waals surface area contributed by atoms with E-state index in [0.717, 1.165) is 12.8 Å². The number of amides is 1. The number of hydrogen-bond acceptors (Lipinski definition) is 2. The number of nitrogens with one attached hydrogen (secondary N) is 1. The molecule has 0 fully saturated rings. The fraction of sp³-hybridized carbons (Fsp3) is 0.769. The van der Waals surface area contributed by atoms with Crippen LogP contribution in [0.5, 0.6) is 0 Å². The average molecular weight is 225 g/mol. The summed E-state index contributed by atoms with van der Waals surface area (Å²) in [7, 11) is 0. The van der Waals surface area contributed by atoms with E-state index in [0.29, 0.717) is 0 Å². The lowest BCUT2D eigenvalue weighted by Gasteiger charge is -2.22. The highest BCUT2D eigenvalue weighted by Crippen LogP contribution is 2.13. The Morgan fingerprint density at radius 1 is 1.31 bits per heavy atom. The molecule has 3 nitrogen and oxygen atoms in total. The lowest BCUT2D eigenvalue weighted by atomic mass is 10.0. The van der Waals surface area contributed by atoms with E-state index in [1.165, 1.54) is 19.3 Å². The summed E-state index contributed by atoms with van der Waals surface area (Å²) in [5.41, 5.74) is -0.421. The minimum atomic E-state index is -0.421. The van der Waals surface area contributed by atoms with Crippen molar-refractivity contribution < 1.29 is 9.53 Å². The van der Waals surface area contributed by atoms with Gasteiger partial charge < -0.3 is 10.1 Å². The third kappa shape index (κ3) is 5.79. The van der Waals surface area contributed by atoms with Gasteiger partial charge in [-0.25, -0.2) is 4.79 Å². The Hall–Kier alpha value is -0.990. The van der Waals surface area contributed by atoms with E-state index in [-0.39, 0.29) is 12.1 Å². The van der Waals surface area contributed by atoms with E-state index < -0.39 is 5.60 Å². The lowest BCUT2D eigenvalue weighted by Crippen LogP contribution is -2.38. The summed E-state index contributed by atoms with van der Waals surface area (Å²) in [4.78, 5) is 11.6. The van der Waals surface area contributed by atoms with Crippen molar-refractivity contribution in [1.29, 1.82) is 0 Å². The molecule has 0 aromatic carbocycles. The van der Waals surface area contributed by atoms with Crippen LogP contribution in [0.3, 0.4) is 0 Å². The number of allylic oxidation sites excluding steroid dienone is 1. The summed E-state index contributed by atoms with van der Waals surface area (Å²) in [6.45, 7) is 5.63. The summed E-state index contributed by atoms with van der Waals surface area (Å²) in [6.07, 6.45) is 9.73. The van der Waals surface area contributed by atoms with Gasteiger partial charge in [0.1, 0.15) is 5.60 Å². The van der Waals surface area contributed by atoms with Crippen molar-refractivity contribution in [3.63, 3.8) is 0 Å². The molecule has 1 rings (SSSR count). The van der Waals surface area contributed by atoms with Crippen molar-refractivity contribution in [2.45, 2.75) is 64.5 Å².